The molecule has 0 spiro atoms. The Balaban J connectivity index is 0.00000450. The Morgan fingerprint density at radius 3 is 2.50 bits per heavy atom. The second-order valence-corrected chi connectivity index (χ2v) is 9.94. The predicted molar refractivity (Wildman–Crippen MR) is 135 cm³/mol. The maximum Gasteiger partial charge on any atom is 0.242 e. The summed E-state index contributed by atoms with van der Waals surface area (Å²) >= 11 is 0. The molecule has 2 N–H and O–H groups in total. The molecule has 0 saturated carbocycles. The Labute approximate surface area is 199 Å². The summed E-state index contributed by atoms with van der Waals surface area (Å²) < 4.78 is 25.5. The van der Waals surface area contributed by atoms with Crippen molar-refractivity contribution >= 4 is 40.0 Å². The van der Waals surface area contributed by atoms with Gasteiger partial charge < -0.3 is 15.5 Å². The van der Waals surface area contributed by atoms with Crippen molar-refractivity contribution in [3.63, 3.8) is 0 Å². The van der Waals surface area contributed by atoms with Crippen molar-refractivity contribution < 1.29 is 8.42 Å². The SMILES string of the molecule is CCNC(=NCc1ccc(S(=O)(=O)N(C)C)cc1)NCCCN1CCCCC1C.I. The van der Waals surface area contributed by atoms with Crippen molar-refractivity contribution in [3.05, 3.63) is 29.8 Å². The first kappa shape index (κ1) is 27.1. The van der Waals surface area contributed by atoms with Crippen LogP contribution in [0.4, 0.5) is 0 Å². The van der Waals surface area contributed by atoms with Crippen LogP contribution in [0.2, 0.25) is 0 Å². The lowest BCUT2D eigenvalue weighted by Gasteiger charge is -2.33. The van der Waals surface area contributed by atoms with Crippen LogP contribution in [0.3, 0.4) is 0 Å². The van der Waals surface area contributed by atoms with Gasteiger partial charge in [0.2, 0.25) is 10.0 Å². The lowest BCUT2D eigenvalue weighted by molar-refractivity contribution is 0.159. The number of nitrogens with zero attached hydrogens (tertiary/aromatic N) is 3. The number of likely N-dealkylation sites (tertiary alicyclic amines) is 1. The highest BCUT2D eigenvalue weighted by Crippen LogP contribution is 2.16. The molecule has 1 aromatic carbocycles. The van der Waals surface area contributed by atoms with Crippen molar-refractivity contribution in [2.75, 3.05) is 40.3 Å². The van der Waals surface area contributed by atoms with E-state index < -0.39 is 10.0 Å². The zero-order valence-corrected chi connectivity index (χ0v) is 21.9. The van der Waals surface area contributed by atoms with Crippen molar-refractivity contribution in [3.8, 4) is 0 Å². The minimum Gasteiger partial charge on any atom is -0.357 e. The Bertz CT molecular complexity index is 753. The number of halogens is 1. The summed E-state index contributed by atoms with van der Waals surface area (Å²) in [5, 5.41) is 6.68. The summed E-state index contributed by atoms with van der Waals surface area (Å²) in [5.74, 6) is 0.796. The van der Waals surface area contributed by atoms with Crippen LogP contribution in [0, 0.1) is 0 Å². The monoisotopic (exact) mass is 551 g/mol. The molecule has 9 heteroatoms. The number of guanidine groups is 1. The number of sulfonamides is 1. The Hall–Kier alpha value is -0.910. The third kappa shape index (κ3) is 8.32. The first-order valence-electron chi connectivity index (χ1n) is 10.6. The molecule has 1 heterocycles. The van der Waals surface area contributed by atoms with Gasteiger partial charge in [-0.25, -0.2) is 17.7 Å². The van der Waals surface area contributed by atoms with Gasteiger partial charge in [0.15, 0.2) is 5.96 Å². The second kappa shape index (κ2) is 13.5. The van der Waals surface area contributed by atoms with Crippen LogP contribution < -0.4 is 10.6 Å². The molecule has 2 rings (SSSR count). The summed E-state index contributed by atoms with van der Waals surface area (Å²) in [6.45, 7) is 8.90. The highest BCUT2D eigenvalue weighted by Gasteiger charge is 2.17. The predicted octanol–water partition coefficient (Wildman–Crippen LogP) is 2.87. The van der Waals surface area contributed by atoms with E-state index in [2.05, 4.69) is 27.4 Å². The van der Waals surface area contributed by atoms with Gasteiger partial charge in [0.25, 0.3) is 0 Å². The molecule has 0 amide bonds. The highest BCUT2D eigenvalue weighted by atomic mass is 127. The molecule has 1 fully saturated rings. The van der Waals surface area contributed by atoms with Crippen molar-refractivity contribution in [2.45, 2.75) is 57.0 Å². The number of hydrogen-bond donors (Lipinski definition) is 2. The maximum absolute atomic E-state index is 12.2. The van der Waals surface area contributed by atoms with Gasteiger partial charge in [-0.05, 0) is 57.4 Å². The molecule has 7 nitrogen and oxygen atoms in total. The average molecular weight is 552 g/mol. The summed E-state index contributed by atoms with van der Waals surface area (Å²) in [4.78, 5) is 7.51. The summed E-state index contributed by atoms with van der Waals surface area (Å²) in [7, 11) is -0.322. The molecule has 1 saturated heterocycles. The van der Waals surface area contributed by atoms with Crippen molar-refractivity contribution in [1.29, 1.82) is 0 Å². The van der Waals surface area contributed by atoms with E-state index in [0.29, 0.717) is 17.5 Å². The Morgan fingerprint density at radius 2 is 1.90 bits per heavy atom. The maximum atomic E-state index is 12.2. The third-order valence-electron chi connectivity index (χ3n) is 5.32. The second-order valence-electron chi connectivity index (χ2n) is 7.79. The van der Waals surface area contributed by atoms with E-state index in [9.17, 15) is 8.42 Å². The molecule has 1 unspecified atom stereocenters. The molecular weight excluding hydrogens is 513 g/mol. The molecule has 172 valence electrons. The molecule has 1 atom stereocenters. The smallest absolute Gasteiger partial charge is 0.242 e. The van der Waals surface area contributed by atoms with Gasteiger partial charge in [-0.15, -0.1) is 24.0 Å². The van der Waals surface area contributed by atoms with Gasteiger partial charge in [0, 0.05) is 39.8 Å². The van der Waals surface area contributed by atoms with Crippen molar-refractivity contribution in [1.82, 2.24) is 19.8 Å². The lowest BCUT2D eigenvalue weighted by atomic mass is 10.0. The van der Waals surface area contributed by atoms with Crippen LogP contribution in [0.5, 0.6) is 0 Å². The minimum absolute atomic E-state index is 0. The van der Waals surface area contributed by atoms with E-state index in [0.717, 1.165) is 37.6 Å². The van der Waals surface area contributed by atoms with Gasteiger partial charge in [0.05, 0.1) is 11.4 Å². The molecule has 30 heavy (non-hydrogen) atoms. The van der Waals surface area contributed by atoms with Crippen LogP contribution >= 0.6 is 24.0 Å². The van der Waals surface area contributed by atoms with E-state index in [1.165, 1.54) is 44.2 Å². The Morgan fingerprint density at radius 1 is 1.20 bits per heavy atom. The van der Waals surface area contributed by atoms with Gasteiger partial charge >= 0.3 is 0 Å². The normalized spacial score (nSPS) is 18.2. The van der Waals surface area contributed by atoms with E-state index in [4.69, 9.17) is 0 Å². The highest BCUT2D eigenvalue weighted by molar-refractivity contribution is 14.0. The average Bonchev–Trinajstić information content (AvgIpc) is 2.70. The number of aliphatic imine (C=N–C) groups is 1. The first-order chi connectivity index (χ1) is 13.8. The van der Waals surface area contributed by atoms with E-state index >= 15 is 0 Å². The lowest BCUT2D eigenvalue weighted by Crippen LogP contribution is -2.41. The molecule has 0 aromatic heterocycles. The van der Waals surface area contributed by atoms with Gasteiger partial charge in [-0.3, -0.25) is 0 Å². The third-order valence-corrected chi connectivity index (χ3v) is 7.15. The summed E-state index contributed by atoms with van der Waals surface area (Å²) in [6, 6.07) is 7.62. The number of hydrogen-bond acceptors (Lipinski definition) is 4. The number of nitrogens with one attached hydrogen (secondary N) is 2. The number of rotatable bonds is 9. The fourth-order valence-electron chi connectivity index (χ4n) is 3.47. The zero-order valence-electron chi connectivity index (χ0n) is 18.7. The van der Waals surface area contributed by atoms with Gasteiger partial charge in [-0.2, -0.15) is 0 Å². The minimum atomic E-state index is -3.39. The zero-order chi connectivity index (χ0) is 21.3. The molecule has 0 radical (unpaired) electrons. The van der Waals surface area contributed by atoms with Gasteiger partial charge in [-0.1, -0.05) is 18.6 Å². The standard InChI is InChI=1S/C21H37N5O2S.HI/c1-5-22-21(23-14-8-16-26-15-7-6-9-18(26)2)24-17-19-10-12-20(13-11-19)29(27,28)25(3)4;/h10-13,18H,5-9,14-17H2,1-4H3,(H2,22,23,24);1H. The topological polar surface area (TPSA) is 77.0 Å². The number of benzene rings is 1. The van der Waals surface area contributed by atoms with Crippen LogP contribution in [0.25, 0.3) is 0 Å². The largest absolute Gasteiger partial charge is 0.357 e. The molecule has 1 aromatic rings. The molecule has 0 aliphatic carbocycles. The van der Waals surface area contributed by atoms with Crippen LogP contribution in [-0.4, -0.2) is 69.9 Å². The first-order valence-corrected chi connectivity index (χ1v) is 12.1. The Kier molecular flexibility index (Phi) is 12.2. The van der Waals surface area contributed by atoms with Crippen LogP contribution in [0.1, 0.15) is 45.1 Å². The molecule has 0 bridgehead atoms. The van der Waals surface area contributed by atoms with Gasteiger partial charge in [0.1, 0.15) is 0 Å². The van der Waals surface area contributed by atoms with E-state index in [1.807, 2.05) is 19.1 Å². The fraction of sp³-hybridized carbons (Fsp3) is 0.667. The molecule has 1 aliphatic heterocycles. The molecular formula is C21H38IN5O2S. The van der Waals surface area contributed by atoms with E-state index in [-0.39, 0.29) is 24.0 Å². The van der Waals surface area contributed by atoms with Crippen LogP contribution in [0.15, 0.2) is 34.2 Å². The fourth-order valence-corrected chi connectivity index (χ4v) is 4.37. The molecule has 1 aliphatic rings. The quantitative estimate of drug-likeness (QED) is 0.214. The van der Waals surface area contributed by atoms with Crippen molar-refractivity contribution in [2.24, 2.45) is 4.99 Å². The van der Waals surface area contributed by atoms with Crippen LogP contribution in [-0.2, 0) is 16.6 Å². The summed E-state index contributed by atoms with van der Waals surface area (Å²) in [5.41, 5.74) is 0.974. The number of piperidine rings is 1. The van der Waals surface area contributed by atoms with E-state index in [1.54, 1.807) is 12.1 Å². The summed E-state index contributed by atoms with van der Waals surface area (Å²) in [6.07, 6.45) is 5.07.